The lowest BCUT2D eigenvalue weighted by atomic mass is 10.2. The van der Waals surface area contributed by atoms with Gasteiger partial charge in [-0.3, -0.25) is 4.79 Å². The van der Waals surface area contributed by atoms with Crippen LogP contribution in [0.25, 0.3) is 11.4 Å². The Morgan fingerprint density at radius 2 is 1.94 bits per heavy atom. The fourth-order valence-corrected chi connectivity index (χ4v) is 2.20. The van der Waals surface area contributed by atoms with Crippen LogP contribution in [0.3, 0.4) is 0 Å². The predicted molar refractivity (Wildman–Crippen MR) is 64.0 cm³/mol. The summed E-state index contributed by atoms with van der Waals surface area (Å²) in [4.78, 5) is 19.1. The number of nitrogens with one attached hydrogen (secondary N) is 1. The highest BCUT2D eigenvalue weighted by molar-refractivity contribution is 5.56. The Hall–Kier alpha value is -2.10. The minimum Gasteiger partial charge on any atom is -0.508 e. The largest absolute Gasteiger partial charge is 0.508 e. The van der Waals surface area contributed by atoms with E-state index in [0.717, 1.165) is 36.1 Å². The van der Waals surface area contributed by atoms with Gasteiger partial charge < -0.3 is 10.1 Å². The van der Waals surface area contributed by atoms with Gasteiger partial charge in [0.1, 0.15) is 11.6 Å². The lowest BCUT2D eigenvalue weighted by Gasteiger charge is -2.04. The van der Waals surface area contributed by atoms with Crippen LogP contribution in [-0.4, -0.2) is 15.1 Å². The zero-order valence-corrected chi connectivity index (χ0v) is 9.23. The van der Waals surface area contributed by atoms with Gasteiger partial charge in [0.25, 0.3) is 5.56 Å². The van der Waals surface area contributed by atoms with Gasteiger partial charge in [0.05, 0.1) is 5.69 Å². The number of aromatic amines is 1. The quantitative estimate of drug-likeness (QED) is 0.779. The molecule has 1 aromatic carbocycles. The number of fused-ring (bicyclic) bond motifs is 1. The number of H-pyrrole nitrogens is 1. The van der Waals surface area contributed by atoms with Gasteiger partial charge in [0, 0.05) is 11.1 Å². The van der Waals surface area contributed by atoms with Crippen molar-refractivity contribution in [3.8, 4) is 17.1 Å². The van der Waals surface area contributed by atoms with E-state index in [1.807, 2.05) is 0 Å². The molecule has 4 nitrogen and oxygen atoms in total. The van der Waals surface area contributed by atoms with E-state index < -0.39 is 0 Å². The van der Waals surface area contributed by atoms with Crippen molar-refractivity contribution in [2.24, 2.45) is 0 Å². The topological polar surface area (TPSA) is 66.0 Å². The van der Waals surface area contributed by atoms with Gasteiger partial charge >= 0.3 is 0 Å². The standard InChI is InChI=1S/C13H12N2O2/c16-9-6-4-8(5-7-9)12-14-11-3-1-2-10(11)13(17)15-12/h4-7,16H,1-3H2,(H,14,15,17). The first-order chi connectivity index (χ1) is 8.24. The van der Waals surface area contributed by atoms with Crippen molar-refractivity contribution < 1.29 is 5.11 Å². The van der Waals surface area contributed by atoms with Gasteiger partial charge in [-0.25, -0.2) is 4.98 Å². The van der Waals surface area contributed by atoms with Gasteiger partial charge in [-0.05, 0) is 43.5 Å². The van der Waals surface area contributed by atoms with Crippen molar-refractivity contribution in [1.29, 1.82) is 0 Å². The van der Waals surface area contributed by atoms with Gasteiger partial charge in [-0.1, -0.05) is 0 Å². The molecule has 3 rings (SSSR count). The predicted octanol–water partition coefficient (Wildman–Crippen LogP) is 1.63. The number of hydrogen-bond acceptors (Lipinski definition) is 3. The average Bonchev–Trinajstić information content (AvgIpc) is 2.78. The summed E-state index contributed by atoms with van der Waals surface area (Å²) in [6, 6.07) is 6.66. The van der Waals surface area contributed by atoms with E-state index in [1.165, 1.54) is 0 Å². The maximum Gasteiger partial charge on any atom is 0.254 e. The number of phenols is 1. The zero-order chi connectivity index (χ0) is 11.8. The number of aromatic nitrogens is 2. The number of hydrogen-bond donors (Lipinski definition) is 2. The molecule has 0 amide bonds. The minimum absolute atomic E-state index is 0.0319. The van der Waals surface area contributed by atoms with Crippen LogP contribution in [0.15, 0.2) is 29.1 Å². The Labute approximate surface area is 98.0 Å². The molecule has 0 atom stereocenters. The second-order valence-corrected chi connectivity index (χ2v) is 4.24. The lowest BCUT2D eigenvalue weighted by Crippen LogP contribution is -2.15. The average molecular weight is 228 g/mol. The number of phenolic OH excluding ortho intramolecular Hbond substituents is 1. The second kappa shape index (κ2) is 3.73. The van der Waals surface area contributed by atoms with E-state index in [4.69, 9.17) is 0 Å². The van der Waals surface area contributed by atoms with Crippen LogP contribution < -0.4 is 5.56 Å². The Morgan fingerprint density at radius 3 is 2.71 bits per heavy atom. The molecule has 0 saturated heterocycles. The molecule has 1 aliphatic carbocycles. The molecule has 2 N–H and O–H groups in total. The number of aromatic hydroxyl groups is 1. The molecule has 0 saturated carbocycles. The highest BCUT2D eigenvalue weighted by atomic mass is 16.3. The highest BCUT2D eigenvalue weighted by Crippen LogP contribution is 2.21. The second-order valence-electron chi connectivity index (χ2n) is 4.24. The fraction of sp³-hybridized carbons (Fsp3) is 0.231. The Bertz CT molecular complexity index is 614. The molecule has 1 heterocycles. The molecule has 0 fully saturated rings. The summed E-state index contributed by atoms with van der Waals surface area (Å²) >= 11 is 0. The number of nitrogens with zero attached hydrogens (tertiary/aromatic N) is 1. The summed E-state index contributed by atoms with van der Waals surface area (Å²) in [6.45, 7) is 0. The Balaban J connectivity index is 2.13. The van der Waals surface area contributed by atoms with Crippen molar-refractivity contribution in [3.05, 3.63) is 45.9 Å². The van der Waals surface area contributed by atoms with Crippen LogP contribution in [0.2, 0.25) is 0 Å². The molecular formula is C13H12N2O2. The van der Waals surface area contributed by atoms with Gasteiger partial charge in [-0.15, -0.1) is 0 Å². The van der Waals surface area contributed by atoms with Crippen LogP contribution >= 0.6 is 0 Å². The smallest absolute Gasteiger partial charge is 0.254 e. The van der Waals surface area contributed by atoms with Crippen LogP contribution in [0.4, 0.5) is 0 Å². The van der Waals surface area contributed by atoms with Crippen LogP contribution in [0.5, 0.6) is 5.75 Å². The zero-order valence-electron chi connectivity index (χ0n) is 9.23. The first-order valence-corrected chi connectivity index (χ1v) is 5.65. The van der Waals surface area contributed by atoms with Crippen molar-refractivity contribution in [2.45, 2.75) is 19.3 Å². The third-order valence-electron chi connectivity index (χ3n) is 3.08. The maximum atomic E-state index is 11.8. The summed E-state index contributed by atoms with van der Waals surface area (Å²) in [7, 11) is 0. The van der Waals surface area contributed by atoms with Crippen molar-refractivity contribution in [3.63, 3.8) is 0 Å². The highest BCUT2D eigenvalue weighted by Gasteiger charge is 2.17. The van der Waals surface area contributed by atoms with Crippen molar-refractivity contribution in [1.82, 2.24) is 9.97 Å². The summed E-state index contributed by atoms with van der Waals surface area (Å²) in [5.74, 6) is 0.785. The summed E-state index contributed by atoms with van der Waals surface area (Å²) in [5, 5.41) is 9.22. The van der Waals surface area contributed by atoms with E-state index in [1.54, 1.807) is 24.3 Å². The summed E-state index contributed by atoms with van der Waals surface area (Å²) in [6.07, 6.45) is 2.71. The number of aryl methyl sites for hydroxylation is 1. The molecule has 0 radical (unpaired) electrons. The lowest BCUT2D eigenvalue weighted by molar-refractivity contribution is 0.475. The van der Waals surface area contributed by atoms with E-state index in [0.29, 0.717) is 5.82 Å². The van der Waals surface area contributed by atoms with E-state index >= 15 is 0 Å². The van der Waals surface area contributed by atoms with E-state index in [2.05, 4.69) is 9.97 Å². The fourth-order valence-electron chi connectivity index (χ4n) is 2.20. The Kier molecular flexibility index (Phi) is 2.21. The van der Waals surface area contributed by atoms with Crippen LogP contribution in [0.1, 0.15) is 17.7 Å². The molecule has 1 aromatic heterocycles. The van der Waals surface area contributed by atoms with E-state index in [9.17, 15) is 9.90 Å². The molecule has 86 valence electrons. The Morgan fingerprint density at radius 1 is 1.18 bits per heavy atom. The summed E-state index contributed by atoms with van der Waals surface area (Å²) in [5.41, 5.74) is 2.52. The van der Waals surface area contributed by atoms with Gasteiger partial charge in [0.15, 0.2) is 0 Å². The molecule has 0 bridgehead atoms. The molecule has 2 aromatic rings. The summed E-state index contributed by atoms with van der Waals surface area (Å²) < 4.78 is 0. The van der Waals surface area contributed by atoms with Crippen molar-refractivity contribution >= 4 is 0 Å². The van der Waals surface area contributed by atoms with Crippen molar-refractivity contribution in [2.75, 3.05) is 0 Å². The van der Waals surface area contributed by atoms with Crippen LogP contribution in [-0.2, 0) is 12.8 Å². The normalized spacial score (nSPS) is 13.6. The molecule has 4 heteroatoms. The molecule has 1 aliphatic rings. The third kappa shape index (κ3) is 1.71. The first kappa shape index (κ1) is 10.1. The van der Waals surface area contributed by atoms with Crippen LogP contribution in [0, 0.1) is 0 Å². The third-order valence-corrected chi connectivity index (χ3v) is 3.08. The van der Waals surface area contributed by atoms with Gasteiger partial charge in [-0.2, -0.15) is 0 Å². The molecule has 0 aliphatic heterocycles. The molecule has 0 spiro atoms. The van der Waals surface area contributed by atoms with Gasteiger partial charge in [0.2, 0.25) is 0 Å². The van der Waals surface area contributed by atoms with E-state index in [-0.39, 0.29) is 11.3 Å². The molecular weight excluding hydrogens is 216 g/mol. The first-order valence-electron chi connectivity index (χ1n) is 5.65. The number of benzene rings is 1. The molecule has 0 unspecified atom stereocenters. The minimum atomic E-state index is -0.0319. The maximum absolute atomic E-state index is 11.8. The molecule has 17 heavy (non-hydrogen) atoms. The number of rotatable bonds is 1. The SMILES string of the molecule is O=c1[nH]c(-c2ccc(O)cc2)nc2c1CCC2. The monoisotopic (exact) mass is 228 g/mol.